The van der Waals surface area contributed by atoms with Crippen molar-refractivity contribution in [3.8, 4) is 5.75 Å². The summed E-state index contributed by atoms with van der Waals surface area (Å²) < 4.78 is 37.9. The zero-order chi connectivity index (χ0) is 24.9. The van der Waals surface area contributed by atoms with Crippen molar-refractivity contribution in [3.05, 3.63) is 23.8 Å². The molecule has 0 saturated carbocycles. The molecule has 2 rings (SSSR count). The van der Waals surface area contributed by atoms with Crippen molar-refractivity contribution in [1.29, 1.82) is 0 Å². The summed E-state index contributed by atoms with van der Waals surface area (Å²) in [6.07, 6.45) is 0.808. The highest BCUT2D eigenvalue weighted by Gasteiger charge is 2.31. The second-order valence-electron chi connectivity index (χ2n) is 8.89. The van der Waals surface area contributed by atoms with Crippen LogP contribution in [0.15, 0.2) is 18.2 Å². The minimum absolute atomic E-state index is 0.0308. The van der Waals surface area contributed by atoms with Gasteiger partial charge >= 0.3 is 6.03 Å². The molecule has 0 bridgehead atoms. The highest BCUT2D eigenvalue weighted by atomic mass is 32.2. The highest BCUT2D eigenvalue weighted by Crippen LogP contribution is 2.27. The monoisotopic (exact) mass is 484 g/mol. The lowest BCUT2D eigenvalue weighted by atomic mass is 10.0. The van der Waals surface area contributed by atoms with E-state index in [0.29, 0.717) is 11.3 Å². The Morgan fingerprint density at radius 2 is 1.91 bits per heavy atom. The van der Waals surface area contributed by atoms with E-state index in [1.807, 2.05) is 20.8 Å². The van der Waals surface area contributed by atoms with Gasteiger partial charge in [-0.2, -0.15) is 4.31 Å². The van der Waals surface area contributed by atoms with Crippen molar-refractivity contribution in [2.75, 3.05) is 45.4 Å². The number of hydrogen-bond donors (Lipinski definition) is 2. The van der Waals surface area contributed by atoms with Crippen LogP contribution in [-0.4, -0.2) is 87.9 Å². The molecular formula is C22H36N4O6S. The normalized spacial score (nSPS) is 23.2. The number of benzene rings is 1. The fourth-order valence-electron chi connectivity index (χ4n) is 3.71. The van der Waals surface area contributed by atoms with Crippen molar-refractivity contribution in [3.63, 3.8) is 0 Å². The Bertz CT molecular complexity index is 952. The van der Waals surface area contributed by atoms with Crippen LogP contribution in [0.5, 0.6) is 5.75 Å². The average molecular weight is 485 g/mol. The van der Waals surface area contributed by atoms with Gasteiger partial charge in [0.25, 0.3) is 5.91 Å². The minimum atomic E-state index is -3.51. The van der Waals surface area contributed by atoms with Gasteiger partial charge in [0, 0.05) is 45.0 Å². The van der Waals surface area contributed by atoms with Gasteiger partial charge in [0.05, 0.1) is 24.0 Å². The minimum Gasteiger partial charge on any atom is -0.491 e. The van der Waals surface area contributed by atoms with Gasteiger partial charge in [0.2, 0.25) is 10.0 Å². The predicted molar refractivity (Wildman–Crippen MR) is 127 cm³/mol. The van der Waals surface area contributed by atoms with E-state index in [4.69, 9.17) is 9.47 Å². The zero-order valence-electron chi connectivity index (χ0n) is 20.4. The molecule has 10 nitrogen and oxygen atoms in total. The number of nitrogens with one attached hydrogen (secondary N) is 2. The third-order valence-corrected chi connectivity index (χ3v) is 6.85. The second kappa shape index (κ2) is 11.2. The molecule has 0 radical (unpaired) electrons. The summed E-state index contributed by atoms with van der Waals surface area (Å²) in [6.45, 7) is 7.89. The van der Waals surface area contributed by atoms with E-state index >= 15 is 0 Å². The molecule has 1 heterocycles. The summed E-state index contributed by atoms with van der Waals surface area (Å²) in [6, 6.07) is 3.88. The van der Waals surface area contributed by atoms with Gasteiger partial charge in [-0.3, -0.25) is 4.79 Å². The first kappa shape index (κ1) is 26.9. The van der Waals surface area contributed by atoms with Crippen LogP contribution in [0.25, 0.3) is 0 Å². The lowest BCUT2D eigenvalue weighted by Gasteiger charge is -2.34. The molecule has 1 aromatic carbocycles. The van der Waals surface area contributed by atoms with Crippen molar-refractivity contribution in [2.45, 2.75) is 45.9 Å². The number of carbonyl (C=O) groups excluding carboxylic acids is 2. The van der Waals surface area contributed by atoms with E-state index < -0.39 is 16.1 Å². The quantitative estimate of drug-likeness (QED) is 0.675. The van der Waals surface area contributed by atoms with E-state index in [0.717, 1.165) is 0 Å². The molecule has 186 valence electrons. The molecule has 0 saturated heterocycles. The van der Waals surface area contributed by atoms with E-state index in [1.165, 1.54) is 15.5 Å². The molecule has 0 aliphatic carbocycles. The zero-order valence-corrected chi connectivity index (χ0v) is 21.2. The van der Waals surface area contributed by atoms with Crippen molar-refractivity contribution in [1.82, 2.24) is 14.5 Å². The molecule has 0 spiro atoms. The summed E-state index contributed by atoms with van der Waals surface area (Å²) in [7, 11) is -0.299. The molecule has 0 unspecified atom stereocenters. The molecule has 11 heteroatoms. The number of anilines is 1. The van der Waals surface area contributed by atoms with Gasteiger partial charge in [0.15, 0.2) is 0 Å². The predicted octanol–water partition coefficient (Wildman–Crippen LogP) is 1.98. The number of rotatable bonds is 4. The lowest BCUT2D eigenvalue weighted by Crippen LogP contribution is -2.48. The Balaban J connectivity index is 2.45. The molecule has 3 atom stereocenters. The van der Waals surface area contributed by atoms with Gasteiger partial charge in [-0.1, -0.05) is 6.92 Å². The number of amides is 3. The number of nitrogens with zero attached hydrogens (tertiary/aromatic N) is 2. The van der Waals surface area contributed by atoms with Crippen LogP contribution < -0.4 is 15.4 Å². The third-order valence-electron chi connectivity index (χ3n) is 5.49. The van der Waals surface area contributed by atoms with Crippen LogP contribution in [0, 0.1) is 5.92 Å². The first-order valence-electron chi connectivity index (χ1n) is 10.9. The van der Waals surface area contributed by atoms with Gasteiger partial charge < -0.3 is 25.0 Å². The largest absolute Gasteiger partial charge is 0.491 e. The fraction of sp³-hybridized carbons (Fsp3) is 0.636. The van der Waals surface area contributed by atoms with Gasteiger partial charge in [0.1, 0.15) is 12.4 Å². The van der Waals surface area contributed by atoms with Crippen LogP contribution in [0.2, 0.25) is 0 Å². The fourth-order valence-corrected chi connectivity index (χ4v) is 4.93. The Morgan fingerprint density at radius 3 is 2.48 bits per heavy atom. The first-order valence-corrected chi connectivity index (χ1v) is 12.8. The van der Waals surface area contributed by atoms with Gasteiger partial charge in [-0.05, 0) is 38.8 Å². The van der Waals surface area contributed by atoms with Crippen LogP contribution in [-0.2, 0) is 14.8 Å². The maximum absolute atomic E-state index is 13.2. The SMILES string of the molecule is CO[C@@H]1CN(C)C(=O)c2ccc(NC(=O)NC(C)C)cc2OC[C@@H](C)N(S(C)(=O)=O)C[C@@H]1C. The van der Waals surface area contributed by atoms with E-state index in [-0.39, 0.29) is 55.4 Å². The summed E-state index contributed by atoms with van der Waals surface area (Å²) in [5, 5.41) is 5.46. The number of methoxy groups -OCH3 is 1. The van der Waals surface area contributed by atoms with Crippen LogP contribution >= 0.6 is 0 Å². The number of hydrogen-bond acceptors (Lipinski definition) is 6. The van der Waals surface area contributed by atoms with E-state index in [2.05, 4.69) is 10.6 Å². The van der Waals surface area contributed by atoms with Crippen molar-refractivity contribution in [2.24, 2.45) is 5.92 Å². The number of ether oxygens (including phenoxy) is 2. The van der Waals surface area contributed by atoms with Crippen LogP contribution in [0.3, 0.4) is 0 Å². The van der Waals surface area contributed by atoms with Gasteiger partial charge in [-0.15, -0.1) is 0 Å². The first-order chi connectivity index (χ1) is 15.3. The molecule has 0 fully saturated rings. The molecule has 2 N–H and O–H groups in total. The standard InChI is InChI=1S/C22H36N4O6S/c1-14(2)23-22(28)24-17-8-9-18-19(10-17)32-13-16(4)26(33(7,29)30)11-15(3)20(31-6)12-25(5)21(18)27/h8-10,14-16,20H,11-13H2,1-7H3,(H2,23,24,28)/t15-,16+,20+/m0/s1. The molecule has 3 amide bonds. The number of urea groups is 1. The summed E-state index contributed by atoms with van der Waals surface area (Å²) in [5.74, 6) is -0.157. The van der Waals surface area contributed by atoms with Crippen LogP contribution in [0.4, 0.5) is 10.5 Å². The second-order valence-corrected chi connectivity index (χ2v) is 10.8. The molecule has 1 aliphatic heterocycles. The molecule has 33 heavy (non-hydrogen) atoms. The summed E-state index contributed by atoms with van der Waals surface area (Å²) in [4.78, 5) is 26.8. The smallest absolute Gasteiger partial charge is 0.319 e. The lowest BCUT2D eigenvalue weighted by molar-refractivity contribution is 0.0213. The molecule has 1 aliphatic rings. The molecular weight excluding hydrogens is 448 g/mol. The van der Waals surface area contributed by atoms with E-state index in [9.17, 15) is 18.0 Å². The number of sulfonamides is 1. The Hall–Kier alpha value is -2.37. The van der Waals surface area contributed by atoms with Crippen molar-refractivity contribution < 1.29 is 27.5 Å². The van der Waals surface area contributed by atoms with Gasteiger partial charge in [-0.25, -0.2) is 13.2 Å². The van der Waals surface area contributed by atoms with Crippen LogP contribution in [0.1, 0.15) is 38.1 Å². The molecule has 0 aromatic heterocycles. The molecule has 1 aromatic rings. The average Bonchev–Trinajstić information content (AvgIpc) is 2.71. The van der Waals surface area contributed by atoms with E-state index in [1.54, 1.807) is 39.3 Å². The third kappa shape index (κ3) is 7.31. The number of carbonyl (C=O) groups is 2. The van der Waals surface area contributed by atoms with Crippen molar-refractivity contribution >= 4 is 27.6 Å². The maximum Gasteiger partial charge on any atom is 0.319 e. The highest BCUT2D eigenvalue weighted by molar-refractivity contribution is 7.88. The Kier molecular flexibility index (Phi) is 9.10. The Labute approximate surface area is 196 Å². The number of likely N-dealkylation sites (N-methyl/N-ethyl adjacent to an activating group) is 1. The summed E-state index contributed by atoms with van der Waals surface area (Å²) in [5.41, 5.74) is 0.763. The topological polar surface area (TPSA) is 117 Å². The number of fused-ring (bicyclic) bond motifs is 1. The maximum atomic E-state index is 13.2. The Morgan fingerprint density at radius 1 is 1.24 bits per heavy atom. The summed E-state index contributed by atoms with van der Waals surface area (Å²) >= 11 is 0.